The van der Waals surface area contributed by atoms with E-state index in [9.17, 15) is 4.79 Å². The molecule has 0 bridgehead atoms. The number of hydrogen-bond acceptors (Lipinski definition) is 5. The maximum Gasteiger partial charge on any atom is 0.317 e. The molecule has 5 rings (SSSR count). The number of piperidine rings is 1. The predicted octanol–water partition coefficient (Wildman–Crippen LogP) is 3.57. The lowest BCUT2D eigenvalue weighted by molar-refractivity contribution is 0.161. The fraction of sp³-hybridized carbons (Fsp3) is 0.435. The van der Waals surface area contributed by atoms with Crippen LogP contribution in [0.25, 0.3) is 11.3 Å². The Morgan fingerprint density at radius 2 is 2.13 bits per heavy atom. The molecule has 2 N–H and O–H groups in total. The van der Waals surface area contributed by atoms with Crippen molar-refractivity contribution in [2.24, 2.45) is 0 Å². The maximum absolute atomic E-state index is 13.1. The van der Waals surface area contributed by atoms with Gasteiger partial charge in [0.05, 0.1) is 12.2 Å². The Balaban J connectivity index is 1.21. The van der Waals surface area contributed by atoms with Gasteiger partial charge in [0.25, 0.3) is 0 Å². The van der Waals surface area contributed by atoms with Gasteiger partial charge in [0, 0.05) is 71.1 Å². The SMILES string of the molecule is Cc1ccc(CN2CCCC(NC(=O)N3CCc4[nH]nc(-c5ccncc5)c4C3)C2)s1. The summed E-state index contributed by atoms with van der Waals surface area (Å²) in [5.41, 5.74) is 4.20. The van der Waals surface area contributed by atoms with E-state index in [4.69, 9.17) is 0 Å². The molecule has 0 aromatic carbocycles. The molecule has 0 spiro atoms. The molecule has 0 saturated carbocycles. The van der Waals surface area contributed by atoms with Crippen LogP contribution in [0.3, 0.4) is 0 Å². The molecule has 2 aliphatic rings. The van der Waals surface area contributed by atoms with E-state index in [0.29, 0.717) is 13.1 Å². The second-order valence-corrected chi connectivity index (χ2v) is 9.85. The molecule has 5 heterocycles. The van der Waals surface area contributed by atoms with Crippen molar-refractivity contribution in [2.45, 2.75) is 45.3 Å². The van der Waals surface area contributed by atoms with Gasteiger partial charge in [-0.1, -0.05) is 0 Å². The molecule has 2 amide bonds. The molecular weight excluding hydrogens is 408 g/mol. The van der Waals surface area contributed by atoms with Crippen molar-refractivity contribution < 1.29 is 4.79 Å². The molecular formula is C23H28N6OS. The van der Waals surface area contributed by atoms with Gasteiger partial charge in [-0.05, 0) is 50.6 Å². The number of H-pyrrole nitrogens is 1. The highest BCUT2D eigenvalue weighted by Crippen LogP contribution is 2.28. The molecule has 3 aromatic heterocycles. The van der Waals surface area contributed by atoms with Gasteiger partial charge >= 0.3 is 6.03 Å². The minimum atomic E-state index is 0.0337. The number of aromatic nitrogens is 3. The number of carbonyl (C=O) groups is 1. The quantitative estimate of drug-likeness (QED) is 0.655. The summed E-state index contributed by atoms with van der Waals surface area (Å²) >= 11 is 1.86. The summed E-state index contributed by atoms with van der Waals surface area (Å²) in [4.78, 5) is 24.3. The zero-order valence-electron chi connectivity index (χ0n) is 17.8. The largest absolute Gasteiger partial charge is 0.334 e. The van der Waals surface area contributed by atoms with E-state index in [0.717, 1.165) is 61.4 Å². The van der Waals surface area contributed by atoms with Gasteiger partial charge in [-0.15, -0.1) is 11.3 Å². The number of aryl methyl sites for hydroxylation is 1. The number of hydrogen-bond donors (Lipinski definition) is 2. The number of rotatable bonds is 4. The van der Waals surface area contributed by atoms with Gasteiger partial charge in [0.2, 0.25) is 0 Å². The van der Waals surface area contributed by atoms with Crippen LogP contribution in [-0.2, 0) is 19.5 Å². The topological polar surface area (TPSA) is 77.2 Å². The number of aromatic amines is 1. The van der Waals surface area contributed by atoms with Crippen molar-refractivity contribution in [1.29, 1.82) is 0 Å². The summed E-state index contributed by atoms with van der Waals surface area (Å²) in [5, 5.41) is 11.0. The Bertz CT molecular complexity index is 1050. The van der Waals surface area contributed by atoms with Gasteiger partial charge in [0.1, 0.15) is 0 Å². The van der Waals surface area contributed by atoms with Crippen LogP contribution in [0.15, 0.2) is 36.7 Å². The fourth-order valence-electron chi connectivity index (χ4n) is 4.59. The molecule has 1 saturated heterocycles. The van der Waals surface area contributed by atoms with Crippen LogP contribution in [0.2, 0.25) is 0 Å². The van der Waals surface area contributed by atoms with E-state index in [1.165, 1.54) is 9.75 Å². The van der Waals surface area contributed by atoms with Crippen molar-refractivity contribution in [3.05, 3.63) is 57.7 Å². The summed E-state index contributed by atoms with van der Waals surface area (Å²) in [7, 11) is 0. The van der Waals surface area contributed by atoms with Gasteiger partial charge in [-0.25, -0.2) is 4.79 Å². The Kier molecular flexibility index (Phi) is 5.74. The highest BCUT2D eigenvalue weighted by Gasteiger charge is 2.28. The van der Waals surface area contributed by atoms with Crippen LogP contribution < -0.4 is 5.32 Å². The fourth-order valence-corrected chi connectivity index (χ4v) is 5.52. The van der Waals surface area contributed by atoms with E-state index in [2.05, 4.69) is 44.5 Å². The average Bonchev–Trinajstić information content (AvgIpc) is 3.40. The lowest BCUT2D eigenvalue weighted by Crippen LogP contribution is -2.52. The number of pyridine rings is 1. The minimum absolute atomic E-state index is 0.0337. The van der Waals surface area contributed by atoms with Gasteiger partial charge in [-0.3, -0.25) is 15.0 Å². The number of amides is 2. The molecule has 3 aromatic rings. The summed E-state index contributed by atoms with van der Waals surface area (Å²) in [5.74, 6) is 0. The monoisotopic (exact) mass is 436 g/mol. The van der Waals surface area contributed by atoms with Crippen LogP contribution in [-0.4, -0.2) is 56.7 Å². The van der Waals surface area contributed by atoms with Crippen LogP contribution in [0.5, 0.6) is 0 Å². The molecule has 8 heteroatoms. The first kappa shape index (κ1) is 20.2. The molecule has 0 radical (unpaired) electrons. The third-order valence-corrected chi connectivity index (χ3v) is 7.17. The predicted molar refractivity (Wildman–Crippen MR) is 122 cm³/mol. The Labute approximate surface area is 186 Å². The van der Waals surface area contributed by atoms with Gasteiger partial charge < -0.3 is 10.2 Å². The van der Waals surface area contributed by atoms with E-state index < -0.39 is 0 Å². The van der Waals surface area contributed by atoms with Crippen molar-refractivity contribution in [3.63, 3.8) is 0 Å². The average molecular weight is 437 g/mol. The molecule has 0 aliphatic carbocycles. The van der Waals surface area contributed by atoms with Crippen molar-refractivity contribution in [2.75, 3.05) is 19.6 Å². The Morgan fingerprint density at radius 3 is 2.94 bits per heavy atom. The lowest BCUT2D eigenvalue weighted by Gasteiger charge is -2.35. The Hall–Kier alpha value is -2.71. The summed E-state index contributed by atoms with van der Waals surface area (Å²) in [6.45, 7) is 6.43. The second kappa shape index (κ2) is 8.80. The zero-order valence-corrected chi connectivity index (χ0v) is 18.6. The van der Waals surface area contributed by atoms with Crippen molar-refractivity contribution in [3.8, 4) is 11.3 Å². The Morgan fingerprint density at radius 1 is 1.26 bits per heavy atom. The normalized spacial score (nSPS) is 19.3. The highest BCUT2D eigenvalue weighted by atomic mass is 32.1. The third-order valence-electron chi connectivity index (χ3n) is 6.18. The van der Waals surface area contributed by atoms with Crippen LogP contribution in [0.1, 0.15) is 33.9 Å². The molecule has 1 fully saturated rings. The number of fused-ring (bicyclic) bond motifs is 1. The van der Waals surface area contributed by atoms with Gasteiger partial charge in [0.15, 0.2) is 0 Å². The first-order valence-electron chi connectivity index (χ1n) is 11.0. The summed E-state index contributed by atoms with van der Waals surface area (Å²) in [6, 6.07) is 8.56. The third kappa shape index (κ3) is 4.50. The maximum atomic E-state index is 13.1. The molecule has 1 atom stereocenters. The molecule has 7 nitrogen and oxygen atoms in total. The van der Waals surface area contributed by atoms with Crippen molar-refractivity contribution >= 4 is 17.4 Å². The van der Waals surface area contributed by atoms with Crippen LogP contribution >= 0.6 is 11.3 Å². The first-order chi connectivity index (χ1) is 15.2. The van der Waals surface area contributed by atoms with E-state index in [-0.39, 0.29) is 12.1 Å². The van der Waals surface area contributed by atoms with E-state index in [1.807, 2.05) is 28.4 Å². The standard InChI is InChI=1S/C23H28N6OS/c1-16-4-5-19(31-16)14-28-11-2-3-18(13-28)25-23(30)29-12-8-21-20(15-29)22(27-26-21)17-6-9-24-10-7-17/h4-7,9-10,18H,2-3,8,11-15H2,1H3,(H,25,30)(H,26,27). The zero-order chi connectivity index (χ0) is 21.2. The molecule has 162 valence electrons. The molecule has 2 aliphatic heterocycles. The number of nitrogens with zero attached hydrogens (tertiary/aromatic N) is 4. The van der Waals surface area contributed by atoms with Crippen molar-refractivity contribution in [1.82, 2.24) is 30.3 Å². The number of nitrogens with one attached hydrogen (secondary N) is 2. The number of likely N-dealkylation sites (tertiary alicyclic amines) is 1. The first-order valence-corrected chi connectivity index (χ1v) is 11.8. The van der Waals surface area contributed by atoms with E-state index >= 15 is 0 Å². The second-order valence-electron chi connectivity index (χ2n) is 8.47. The minimum Gasteiger partial charge on any atom is -0.334 e. The summed E-state index contributed by atoms with van der Waals surface area (Å²) in [6.07, 6.45) is 6.51. The van der Waals surface area contributed by atoms with Gasteiger partial charge in [-0.2, -0.15) is 5.10 Å². The van der Waals surface area contributed by atoms with E-state index in [1.54, 1.807) is 12.4 Å². The number of carbonyl (C=O) groups excluding carboxylic acids is 1. The molecule has 31 heavy (non-hydrogen) atoms. The van der Waals surface area contributed by atoms with Crippen LogP contribution in [0, 0.1) is 6.92 Å². The number of thiophene rings is 1. The highest BCUT2D eigenvalue weighted by molar-refractivity contribution is 7.11. The molecule has 1 unspecified atom stereocenters. The smallest absolute Gasteiger partial charge is 0.317 e. The van der Waals surface area contributed by atoms with Crippen LogP contribution in [0.4, 0.5) is 4.79 Å². The number of urea groups is 1. The lowest BCUT2D eigenvalue weighted by atomic mass is 10.0. The summed E-state index contributed by atoms with van der Waals surface area (Å²) < 4.78 is 0.